The molecular weight excluding hydrogens is 472 g/mol. The SMILES string of the molecule is Cc1ccc(C(=O)C2=C(O)C(=O)N(CC[NH+]3CCOCC3)[C@H]2c2ccc(OCc3ccccc3)cc2)o1. The minimum absolute atomic E-state index is 0.0364. The summed E-state index contributed by atoms with van der Waals surface area (Å²) in [5.74, 6) is -0.213. The van der Waals surface area contributed by atoms with E-state index in [-0.39, 0.29) is 11.3 Å². The smallest absolute Gasteiger partial charge is 0.290 e. The molecule has 37 heavy (non-hydrogen) atoms. The number of hydrogen-bond donors (Lipinski definition) is 2. The Balaban J connectivity index is 1.40. The van der Waals surface area contributed by atoms with E-state index >= 15 is 0 Å². The minimum atomic E-state index is -0.728. The van der Waals surface area contributed by atoms with Gasteiger partial charge < -0.3 is 28.8 Å². The van der Waals surface area contributed by atoms with E-state index in [1.807, 2.05) is 54.6 Å². The van der Waals surface area contributed by atoms with Crippen LogP contribution in [-0.2, 0) is 16.1 Å². The molecule has 2 N–H and O–H groups in total. The fourth-order valence-electron chi connectivity index (χ4n) is 4.83. The average molecular weight is 504 g/mol. The van der Waals surface area contributed by atoms with E-state index in [2.05, 4.69) is 0 Å². The molecule has 8 heteroatoms. The molecule has 3 heterocycles. The molecule has 0 aliphatic carbocycles. The van der Waals surface area contributed by atoms with Crippen LogP contribution >= 0.6 is 0 Å². The largest absolute Gasteiger partial charge is 0.503 e. The predicted molar refractivity (Wildman–Crippen MR) is 135 cm³/mol. The van der Waals surface area contributed by atoms with E-state index in [4.69, 9.17) is 13.9 Å². The zero-order valence-electron chi connectivity index (χ0n) is 20.8. The molecule has 1 atom stereocenters. The molecule has 1 fully saturated rings. The van der Waals surface area contributed by atoms with Crippen LogP contribution in [0.4, 0.5) is 0 Å². The quantitative estimate of drug-likeness (QED) is 0.436. The zero-order chi connectivity index (χ0) is 25.8. The van der Waals surface area contributed by atoms with Crippen LogP contribution in [-0.4, -0.2) is 61.1 Å². The second-order valence-corrected chi connectivity index (χ2v) is 9.36. The van der Waals surface area contributed by atoms with E-state index in [0.29, 0.717) is 50.0 Å². The maximum absolute atomic E-state index is 13.4. The fourth-order valence-corrected chi connectivity index (χ4v) is 4.83. The first-order valence-electron chi connectivity index (χ1n) is 12.5. The number of quaternary nitrogens is 1. The van der Waals surface area contributed by atoms with Crippen molar-refractivity contribution in [1.82, 2.24) is 4.90 Å². The minimum Gasteiger partial charge on any atom is -0.503 e. The second-order valence-electron chi connectivity index (χ2n) is 9.36. The first-order valence-corrected chi connectivity index (χ1v) is 12.5. The van der Waals surface area contributed by atoms with Crippen molar-refractivity contribution in [3.63, 3.8) is 0 Å². The summed E-state index contributed by atoms with van der Waals surface area (Å²) in [6, 6.07) is 19.7. The molecule has 2 aromatic carbocycles. The number of carbonyl (C=O) groups excluding carboxylic acids is 2. The number of carbonyl (C=O) groups is 2. The van der Waals surface area contributed by atoms with Crippen LogP contribution in [0, 0.1) is 6.92 Å². The van der Waals surface area contributed by atoms with Gasteiger partial charge in [0.1, 0.15) is 31.2 Å². The summed E-state index contributed by atoms with van der Waals surface area (Å²) < 4.78 is 16.9. The first-order chi connectivity index (χ1) is 18.0. The second kappa shape index (κ2) is 11.0. The summed E-state index contributed by atoms with van der Waals surface area (Å²) >= 11 is 0. The molecule has 5 rings (SSSR count). The van der Waals surface area contributed by atoms with Gasteiger partial charge in [-0.2, -0.15) is 0 Å². The van der Waals surface area contributed by atoms with Gasteiger partial charge >= 0.3 is 0 Å². The van der Waals surface area contributed by atoms with Gasteiger partial charge in [-0.1, -0.05) is 42.5 Å². The number of rotatable bonds is 9. The lowest BCUT2D eigenvalue weighted by Crippen LogP contribution is -3.14. The van der Waals surface area contributed by atoms with Gasteiger partial charge in [0.15, 0.2) is 11.5 Å². The number of ketones is 1. The van der Waals surface area contributed by atoms with Crippen molar-refractivity contribution >= 4 is 11.7 Å². The van der Waals surface area contributed by atoms with E-state index in [1.165, 1.54) is 4.90 Å². The third-order valence-electron chi connectivity index (χ3n) is 6.86. The Bertz CT molecular complexity index is 1280. The molecule has 1 amide bonds. The van der Waals surface area contributed by atoms with E-state index in [9.17, 15) is 14.7 Å². The van der Waals surface area contributed by atoms with Gasteiger partial charge in [-0.25, -0.2) is 0 Å². The lowest BCUT2D eigenvalue weighted by molar-refractivity contribution is -0.907. The van der Waals surface area contributed by atoms with Crippen molar-refractivity contribution in [3.8, 4) is 5.75 Å². The van der Waals surface area contributed by atoms with Crippen LogP contribution < -0.4 is 9.64 Å². The number of benzene rings is 2. The molecule has 1 aromatic heterocycles. The van der Waals surface area contributed by atoms with E-state index < -0.39 is 23.5 Å². The highest BCUT2D eigenvalue weighted by atomic mass is 16.5. The van der Waals surface area contributed by atoms with Gasteiger partial charge in [0.05, 0.1) is 37.9 Å². The topological polar surface area (TPSA) is 93.7 Å². The van der Waals surface area contributed by atoms with Crippen LogP contribution in [0.3, 0.4) is 0 Å². The zero-order valence-corrected chi connectivity index (χ0v) is 20.8. The molecule has 3 aromatic rings. The van der Waals surface area contributed by atoms with Crippen LogP contribution in [0.5, 0.6) is 5.75 Å². The first kappa shape index (κ1) is 24.8. The van der Waals surface area contributed by atoms with Gasteiger partial charge in [-0.05, 0) is 42.3 Å². The van der Waals surface area contributed by atoms with Gasteiger partial charge in [0, 0.05) is 0 Å². The number of nitrogens with one attached hydrogen (secondary N) is 1. The third-order valence-corrected chi connectivity index (χ3v) is 6.86. The van der Waals surface area contributed by atoms with Gasteiger partial charge in [0.25, 0.3) is 5.91 Å². The number of Topliss-reactive ketones (excluding diaryl/α,β-unsaturated/α-hetero) is 1. The molecule has 0 bridgehead atoms. The standard InChI is InChI=1S/C29H30N2O6/c1-20-7-12-24(37-20)27(32)25-26(31(29(34)28(25)33)14-13-30-15-17-35-18-16-30)22-8-10-23(11-9-22)36-19-21-5-3-2-4-6-21/h2-12,26,33H,13-19H2,1H3/p+1/t26-/m0/s1. The number of amides is 1. The summed E-state index contributed by atoms with van der Waals surface area (Å²) in [6.45, 7) is 6.34. The summed E-state index contributed by atoms with van der Waals surface area (Å²) in [4.78, 5) is 29.6. The summed E-state index contributed by atoms with van der Waals surface area (Å²) in [5, 5.41) is 10.9. The number of aliphatic hydroxyl groups is 1. The Morgan fingerprint density at radius 2 is 1.78 bits per heavy atom. The maximum Gasteiger partial charge on any atom is 0.290 e. The Morgan fingerprint density at radius 1 is 1.05 bits per heavy atom. The van der Waals surface area contributed by atoms with Crippen molar-refractivity contribution in [2.45, 2.75) is 19.6 Å². The van der Waals surface area contributed by atoms with Crippen LogP contribution in [0.15, 0.2) is 82.5 Å². The fraction of sp³-hybridized carbons (Fsp3) is 0.310. The average Bonchev–Trinajstić information content (AvgIpc) is 3.48. The molecule has 0 saturated carbocycles. The molecule has 1 saturated heterocycles. The molecule has 2 aliphatic heterocycles. The lowest BCUT2D eigenvalue weighted by atomic mass is 9.95. The highest BCUT2D eigenvalue weighted by molar-refractivity contribution is 6.15. The Kier molecular flexibility index (Phi) is 7.39. The molecule has 0 radical (unpaired) electrons. The number of aryl methyl sites for hydroxylation is 1. The molecule has 8 nitrogen and oxygen atoms in total. The van der Waals surface area contributed by atoms with Crippen molar-refractivity contribution in [2.24, 2.45) is 0 Å². The third kappa shape index (κ3) is 5.45. The molecule has 0 spiro atoms. The number of hydrogen-bond acceptors (Lipinski definition) is 6. The summed E-state index contributed by atoms with van der Waals surface area (Å²) in [7, 11) is 0. The number of aliphatic hydroxyl groups excluding tert-OH is 1. The maximum atomic E-state index is 13.4. The molecule has 0 unspecified atom stereocenters. The lowest BCUT2D eigenvalue weighted by Gasteiger charge is -2.30. The molecular formula is C29H31N2O6+. The number of furan rings is 1. The van der Waals surface area contributed by atoms with Crippen molar-refractivity contribution < 1.29 is 33.5 Å². The molecule has 192 valence electrons. The summed E-state index contributed by atoms with van der Waals surface area (Å²) in [5.41, 5.74) is 1.81. The van der Waals surface area contributed by atoms with E-state index in [1.54, 1.807) is 24.0 Å². The van der Waals surface area contributed by atoms with Crippen LogP contribution in [0.1, 0.15) is 33.5 Å². The van der Waals surface area contributed by atoms with Crippen molar-refractivity contribution in [2.75, 3.05) is 39.4 Å². The number of morpholine rings is 1. The highest BCUT2D eigenvalue weighted by Gasteiger charge is 2.44. The number of ether oxygens (including phenoxy) is 2. The monoisotopic (exact) mass is 503 g/mol. The Morgan fingerprint density at radius 3 is 2.46 bits per heavy atom. The van der Waals surface area contributed by atoms with Crippen molar-refractivity contribution in [1.29, 1.82) is 0 Å². The molecule has 2 aliphatic rings. The van der Waals surface area contributed by atoms with Gasteiger partial charge in [0.2, 0.25) is 5.78 Å². The predicted octanol–water partition coefficient (Wildman–Crippen LogP) is 2.66. The van der Waals surface area contributed by atoms with Gasteiger partial charge in [-0.15, -0.1) is 0 Å². The van der Waals surface area contributed by atoms with Gasteiger partial charge in [-0.3, -0.25) is 9.59 Å². The van der Waals surface area contributed by atoms with Crippen LogP contribution in [0.2, 0.25) is 0 Å². The van der Waals surface area contributed by atoms with Crippen molar-refractivity contribution in [3.05, 3.63) is 101 Å². The normalized spacial score (nSPS) is 18.5. The number of nitrogens with zero attached hydrogens (tertiary/aromatic N) is 1. The summed E-state index contributed by atoms with van der Waals surface area (Å²) in [6.07, 6.45) is 0. The Hall–Kier alpha value is -3.88. The highest BCUT2D eigenvalue weighted by Crippen LogP contribution is 2.39. The van der Waals surface area contributed by atoms with E-state index in [0.717, 1.165) is 18.7 Å². The van der Waals surface area contributed by atoms with Crippen LogP contribution in [0.25, 0.3) is 0 Å². The Labute approximate surface area is 215 Å².